The van der Waals surface area contributed by atoms with E-state index in [0.717, 1.165) is 4.90 Å². The lowest BCUT2D eigenvalue weighted by molar-refractivity contribution is -0.386. The third-order valence-corrected chi connectivity index (χ3v) is 2.86. The van der Waals surface area contributed by atoms with Gasteiger partial charge in [0, 0.05) is 13.5 Å². The minimum Gasteiger partial charge on any atom is -0.480 e. The third kappa shape index (κ3) is 3.53. The Hall–Kier alpha value is -2.45. The fourth-order valence-corrected chi connectivity index (χ4v) is 1.85. The Labute approximate surface area is 114 Å². The first kappa shape index (κ1) is 15.6. The quantitative estimate of drug-likeness (QED) is 0.594. The van der Waals surface area contributed by atoms with Crippen LogP contribution in [-0.2, 0) is 16.1 Å². The Balaban J connectivity index is 2.71. The molecule has 0 fully saturated rings. The third-order valence-electron chi connectivity index (χ3n) is 2.86. The monoisotopic (exact) mass is 284 g/mol. The van der Waals surface area contributed by atoms with Gasteiger partial charge in [-0.15, -0.1) is 0 Å². The van der Waals surface area contributed by atoms with Crippen molar-refractivity contribution in [2.24, 2.45) is 0 Å². The summed E-state index contributed by atoms with van der Waals surface area (Å²) >= 11 is 0. The lowest BCUT2D eigenvalue weighted by atomic mass is 10.3. The van der Waals surface area contributed by atoms with E-state index in [1.165, 1.54) is 18.7 Å². The Morgan fingerprint density at radius 2 is 2.05 bits per heavy atom. The highest BCUT2D eigenvalue weighted by Crippen LogP contribution is 2.21. The maximum atomic E-state index is 11.7. The molecule has 20 heavy (non-hydrogen) atoms. The number of amides is 1. The molecule has 1 aromatic rings. The van der Waals surface area contributed by atoms with Crippen LogP contribution >= 0.6 is 0 Å². The highest BCUT2D eigenvalue weighted by atomic mass is 16.6. The summed E-state index contributed by atoms with van der Waals surface area (Å²) in [5.41, 5.74) is 0.608. The first-order chi connectivity index (χ1) is 9.23. The molecule has 1 aromatic heterocycles. The van der Waals surface area contributed by atoms with Gasteiger partial charge >= 0.3 is 11.7 Å². The largest absolute Gasteiger partial charge is 0.480 e. The van der Waals surface area contributed by atoms with Crippen LogP contribution in [0.5, 0.6) is 0 Å². The molecule has 0 radical (unpaired) electrons. The predicted octanol–water partition coefficient (Wildman–Crippen LogP) is 0.341. The summed E-state index contributed by atoms with van der Waals surface area (Å²) in [7, 11) is 1.39. The molecule has 9 nitrogen and oxygen atoms in total. The Morgan fingerprint density at radius 1 is 1.45 bits per heavy atom. The molecule has 110 valence electrons. The van der Waals surface area contributed by atoms with Gasteiger partial charge in [0.2, 0.25) is 5.91 Å². The zero-order chi connectivity index (χ0) is 15.4. The van der Waals surface area contributed by atoms with E-state index in [-0.39, 0.29) is 31.1 Å². The molecular formula is C11H16N4O5. The zero-order valence-corrected chi connectivity index (χ0v) is 11.5. The van der Waals surface area contributed by atoms with Gasteiger partial charge in [-0.2, -0.15) is 5.10 Å². The van der Waals surface area contributed by atoms with Crippen molar-refractivity contribution >= 4 is 17.6 Å². The van der Waals surface area contributed by atoms with Gasteiger partial charge in [0.05, 0.1) is 11.5 Å². The van der Waals surface area contributed by atoms with Crippen LogP contribution in [0.15, 0.2) is 0 Å². The minimum absolute atomic E-state index is 0.0306. The summed E-state index contributed by atoms with van der Waals surface area (Å²) < 4.78 is 1.39. The first-order valence-electron chi connectivity index (χ1n) is 5.88. The molecule has 0 bridgehead atoms. The average Bonchev–Trinajstić information content (AvgIpc) is 2.60. The van der Waals surface area contributed by atoms with Gasteiger partial charge in [-0.3, -0.25) is 24.4 Å². The van der Waals surface area contributed by atoms with Crippen LogP contribution in [0.3, 0.4) is 0 Å². The summed E-state index contributed by atoms with van der Waals surface area (Å²) in [5, 5.41) is 23.4. The smallest absolute Gasteiger partial charge is 0.323 e. The number of nitrogens with zero attached hydrogens (tertiary/aromatic N) is 4. The topological polar surface area (TPSA) is 119 Å². The van der Waals surface area contributed by atoms with E-state index in [1.54, 1.807) is 6.92 Å². The van der Waals surface area contributed by atoms with Gasteiger partial charge < -0.3 is 10.0 Å². The molecule has 1 N–H and O–H groups in total. The van der Waals surface area contributed by atoms with Crippen LogP contribution in [0.1, 0.15) is 17.8 Å². The van der Waals surface area contributed by atoms with E-state index in [2.05, 4.69) is 5.10 Å². The number of carboxylic acids is 1. The summed E-state index contributed by atoms with van der Waals surface area (Å²) in [5.74, 6) is -1.45. The van der Waals surface area contributed by atoms with E-state index in [1.807, 2.05) is 0 Å². The molecule has 0 aromatic carbocycles. The molecule has 9 heteroatoms. The number of likely N-dealkylation sites (N-methyl/N-ethyl adjacent to an activating group) is 1. The van der Waals surface area contributed by atoms with E-state index in [4.69, 9.17) is 5.11 Å². The lowest BCUT2D eigenvalue weighted by Crippen LogP contribution is -2.32. The highest BCUT2D eigenvalue weighted by Gasteiger charge is 2.22. The van der Waals surface area contributed by atoms with Gasteiger partial charge in [0.25, 0.3) is 0 Å². The molecule has 0 saturated heterocycles. The Morgan fingerprint density at radius 3 is 2.50 bits per heavy atom. The number of aryl methyl sites for hydroxylation is 2. The molecular weight excluding hydrogens is 268 g/mol. The fraction of sp³-hybridized carbons (Fsp3) is 0.545. The molecule has 0 spiro atoms. The normalized spacial score (nSPS) is 10.3. The van der Waals surface area contributed by atoms with Crippen LogP contribution in [0.25, 0.3) is 0 Å². The Kier molecular flexibility index (Phi) is 4.78. The number of hydrogen-bond donors (Lipinski definition) is 1. The number of rotatable bonds is 6. The van der Waals surface area contributed by atoms with Gasteiger partial charge in [-0.25, -0.2) is 0 Å². The van der Waals surface area contributed by atoms with Crippen LogP contribution < -0.4 is 0 Å². The summed E-state index contributed by atoms with van der Waals surface area (Å²) in [6.45, 7) is 2.88. The zero-order valence-electron chi connectivity index (χ0n) is 11.5. The second-order valence-corrected chi connectivity index (χ2v) is 4.39. The van der Waals surface area contributed by atoms with Crippen molar-refractivity contribution < 1.29 is 19.6 Å². The molecule has 0 aliphatic carbocycles. The molecule has 0 aliphatic rings. The first-order valence-corrected chi connectivity index (χ1v) is 5.88. The number of aromatic nitrogens is 2. The van der Waals surface area contributed by atoms with Crippen molar-refractivity contribution in [2.75, 3.05) is 13.6 Å². The standard InChI is InChI=1S/C11H16N4O5/c1-7-11(15(19)20)8(2)14(12-7)5-4-9(16)13(3)6-10(17)18/h4-6H2,1-3H3,(H,17,18). The van der Waals surface area contributed by atoms with Crippen molar-refractivity contribution in [3.8, 4) is 0 Å². The van der Waals surface area contributed by atoms with E-state index >= 15 is 0 Å². The fourth-order valence-electron chi connectivity index (χ4n) is 1.85. The molecule has 0 saturated carbocycles. The van der Waals surface area contributed by atoms with Crippen molar-refractivity contribution in [3.63, 3.8) is 0 Å². The number of carbonyl (C=O) groups excluding carboxylic acids is 1. The molecule has 0 atom stereocenters. The lowest BCUT2D eigenvalue weighted by Gasteiger charge is -2.14. The molecule has 0 aliphatic heterocycles. The molecule has 1 rings (SSSR count). The molecule has 1 heterocycles. The van der Waals surface area contributed by atoms with Gasteiger partial charge in [-0.1, -0.05) is 0 Å². The maximum absolute atomic E-state index is 11.7. The van der Waals surface area contributed by atoms with E-state index in [9.17, 15) is 19.7 Å². The number of carbonyl (C=O) groups is 2. The van der Waals surface area contributed by atoms with Crippen LogP contribution in [0.4, 0.5) is 5.69 Å². The van der Waals surface area contributed by atoms with Crippen molar-refractivity contribution in [1.82, 2.24) is 14.7 Å². The van der Waals surface area contributed by atoms with Crippen molar-refractivity contribution in [3.05, 3.63) is 21.5 Å². The SMILES string of the molecule is Cc1nn(CCC(=O)N(C)CC(=O)O)c(C)c1[N+](=O)[O-]. The number of aliphatic carboxylic acids is 1. The number of carboxylic acid groups (broad SMARTS) is 1. The van der Waals surface area contributed by atoms with Crippen molar-refractivity contribution in [1.29, 1.82) is 0 Å². The van der Waals surface area contributed by atoms with Gasteiger partial charge in [0.15, 0.2) is 0 Å². The Bertz CT molecular complexity index is 551. The second kappa shape index (κ2) is 6.13. The van der Waals surface area contributed by atoms with Crippen molar-refractivity contribution in [2.45, 2.75) is 26.8 Å². The summed E-state index contributed by atoms with van der Waals surface area (Å²) in [6, 6.07) is 0. The molecule has 0 unspecified atom stereocenters. The van der Waals surface area contributed by atoms with Crippen LogP contribution in [-0.4, -0.2) is 50.2 Å². The highest BCUT2D eigenvalue weighted by molar-refractivity contribution is 5.80. The number of nitro groups is 1. The van der Waals surface area contributed by atoms with E-state index in [0.29, 0.717) is 11.4 Å². The maximum Gasteiger partial charge on any atom is 0.323 e. The molecule has 1 amide bonds. The van der Waals surface area contributed by atoms with Crippen LogP contribution in [0, 0.1) is 24.0 Å². The van der Waals surface area contributed by atoms with E-state index < -0.39 is 10.9 Å². The average molecular weight is 284 g/mol. The number of hydrogen-bond acceptors (Lipinski definition) is 5. The van der Waals surface area contributed by atoms with Gasteiger partial charge in [-0.05, 0) is 13.8 Å². The van der Waals surface area contributed by atoms with Gasteiger partial charge in [0.1, 0.15) is 17.9 Å². The predicted molar refractivity (Wildman–Crippen MR) is 68.2 cm³/mol. The summed E-state index contributed by atoms with van der Waals surface area (Å²) in [6.07, 6.45) is 0.0306. The van der Waals surface area contributed by atoms with Crippen LogP contribution in [0.2, 0.25) is 0 Å². The minimum atomic E-state index is -1.09. The second-order valence-electron chi connectivity index (χ2n) is 4.39. The summed E-state index contributed by atoms with van der Waals surface area (Å²) in [4.78, 5) is 33.6.